The highest BCUT2D eigenvalue weighted by molar-refractivity contribution is 6.30. The standard InChI is InChI=1S/C19H27ClN2O2/c1-24-19(10-12-21-13-11-19)17(23)22-14-18(8-2-3-9-18)15-4-6-16(20)7-5-15/h4-7,21H,2-3,8-14H2,1H3,(H,22,23). The van der Waals surface area contributed by atoms with E-state index >= 15 is 0 Å². The van der Waals surface area contributed by atoms with E-state index in [0.29, 0.717) is 6.54 Å². The highest BCUT2D eigenvalue weighted by Crippen LogP contribution is 2.41. The monoisotopic (exact) mass is 350 g/mol. The van der Waals surface area contributed by atoms with Gasteiger partial charge in [0.2, 0.25) is 0 Å². The Hall–Kier alpha value is -1.10. The Morgan fingerprint density at radius 2 is 1.79 bits per heavy atom. The molecule has 1 amide bonds. The Morgan fingerprint density at radius 1 is 1.17 bits per heavy atom. The molecule has 1 aromatic carbocycles. The van der Waals surface area contributed by atoms with E-state index in [9.17, 15) is 4.79 Å². The third kappa shape index (κ3) is 3.46. The van der Waals surface area contributed by atoms with Gasteiger partial charge in [-0.1, -0.05) is 36.6 Å². The number of benzene rings is 1. The average Bonchev–Trinajstić information content (AvgIpc) is 3.11. The number of hydrogen-bond acceptors (Lipinski definition) is 3. The van der Waals surface area contributed by atoms with Gasteiger partial charge in [-0.05, 0) is 56.5 Å². The van der Waals surface area contributed by atoms with E-state index in [0.717, 1.165) is 43.8 Å². The number of ether oxygens (including phenoxy) is 1. The lowest BCUT2D eigenvalue weighted by molar-refractivity contribution is -0.147. The lowest BCUT2D eigenvalue weighted by Gasteiger charge is -2.37. The van der Waals surface area contributed by atoms with E-state index in [4.69, 9.17) is 16.3 Å². The third-order valence-electron chi connectivity index (χ3n) is 5.82. The summed E-state index contributed by atoms with van der Waals surface area (Å²) < 4.78 is 5.64. The zero-order valence-corrected chi connectivity index (χ0v) is 15.1. The summed E-state index contributed by atoms with van der Waals surface area (Å²) in [7, 11) is 1.65. The van der Waals surface area contributed by atoms with Crippen LogP contribution in [0, 0.1) is 0 Å². The third-order valence-corrected chi connectivity index (χ3v) is 6.07. The zero-order chi connectivity index (χ0) is 17.0. The maximum absolute atomic E-state index is 12.9. The number of hydrogen-bond donors (Lipinski definition) is 2. The topological polar surface area (TPSA) is 50.4 Å². The molecule has 3 rings (SSSR count). The summed E-state index contributed by atoms with van der Waals surface area (Å²) in [5, 5.41) is 7.26. The molecule has 2 N–H and O–H groups in total. The molecule has 1 saturated heterocycles. The van der Waals surface area contributed by atoms with Crippen LogP contribution in [-0.2, 0) is 14.9 Å². The largest absolute Gasteiger partial charge is 0.368 e. The Kier molecular flexibility index (Phi) is 5.48. The van der Waals surface area contributed by atoms with Crippen LogP contribution in [0.15, 0.2) is 24.3 Å². The van der Waals surface area contributed by atoms with Crippen LogP contribution in [0.25, 0.3) is 0 Å². The molecule has 1 aliphatic heterocycles. The van der Waals surface area contributed by atoms with Crippen LogP contribution in [0.3, 0.4) is 0 Å². The second-order valence-electron chi connectivity index (χ2n) is 7.13. The van der Waals surface area contributed by atoms with Crippen molar-refractivity contribution in [2.75, 3.05) is 26.7 Å². The van der Waals surface area contributed by atoms with Crippen LogP contribution in [0.1, 0.15) is 44.1 Å². The van der Waals surface area contributed by atoms with Gasteiger partial charge in [-0.2, -0.15) is 0 Å². The van der Waals surface area contributed by atoms with E-state index in [1.54, 1.807) is 7.11 Å². The van der Waals surface area contributed by atoms with Gasteiger partial charge < -0.3 is 15.4 Å². The molecule has 0 unspecified atom stereocenters. The van der Waals surface area contributed by atoms with Crippen molar-refractivity contribution in [2.45, 2.75) is 49.5 Å². The summed E-state index contributed by atoms with van der Waals surface area (Å²) >= 11 is 6.04. The predicted octanol–water partition coefficient (Wildman–Crippen LogP) is 3.04. The number of methoxy groups -OCH3 is 1. The van der Waals surface area contributed by atoms with E-state index in [2.05, 4.69) is 22.8 Å². The molecule has 0 bridgehead atoms. The smallest absolute Gasteiger partial charge is 0.252 e. The minimum absolute atomic E-state index is 0.0299. The van der Waals surface area contributed by atoms with Crippen molar-refractivity contribution in [3.63, 3.8) is 0 Å². The van der Waals surface area contributed by atoms with Gasteiger partial charge in [-0.15, -0.1) is 0 Å². The average molecular weight is 351 g/mol. The summed E-state index contributed by atoms with van der Waals surface area (Å²) in [6, 6.07) is 8.11. The van der Waals surface area contributed by atoms with Gasteiger partial charge in [0.15, 0.2) is 0 Å². The summed E-state index contributed by atoms with van der Waals surface area (Å²) in [5.74, 6) is 0.0340. The first-order chi connectivity index (χ1) is 11.6. The second-order valence-corrected chi connectivity index (χ2v) is 7.56. The van der Waals surface area contributed by atoms with Crippen LogP contribution >= 0.6 is 11.6 Å². The molecule has 1 aromatic rings. The molecule has 2 aliphatic rings. The molecule has 2 fully saturated rings. The Morgan fingerprint density at radius 3 is 2.38 bits per heavy atom. The summed E-state index contributed by atoms with van der Waals surface area (Å²) in [4.78, 5) is 12.9. The van der Waals surface area contributed by atoms with Crippen molar-refractivity contribution >= 4 is 17.5 Å². The first kappa shape index (κ1) is 17.7. The number of carbonyl (C=O) groups is 1. The summed E-state index contributed by atoms with van der Waals surface area (Å²) in [5.41, 5.74) is 0.633. The van der Waals surface area contributed by atoms with Crippen LogP contribution in [0.5, 0.6) is 0 Å². The molecule has 0 aromatic heterocycles. The van der Waals surface area contributed by atoms with E-state index < -0.39 is 5.60 Å². The van der Waals surface area contributed by atoms with Gasteiger partial charge in [0.05, 0.1) is 0 Å². The van der Waals surface area contributed by atoms with Crippen molar-refractivity contribution < 1.29 is 9.53 Å². The molecule has 1 heterocycles. The van der Waals surface area contributed by atoms with Crippen molar-refractivity contribution in [3.05, 3.63) is 34.9 Å². The minimum Gasteiger partial charge on any atom is -0.368 e. The maximum atomic E-state index is 12.9. The molecular weight excluding hydrogens is 324 g/mol. The molecule has 1 aliphatic carbocycles. The summed E-state index contributed by atoms with van der Waals surface area (Å²) in [6.45, 7) is 2.32. The number of piperidine rings is 1. The minimum atomic E-state index is -0.676. The maximum Gasteiger partial charge on any atom is 0.252 e. The van der Waals surface area contributed by atoms with Gasteiger partial charge in [0, 0.05) is 24.1 Å². The Bertz CT molecular complexity index is 561. The molecule has 132 valence electrons. The molecule has 0 spiro atoms. The summed E-state index contributed by atoms with van der Waals surface area (Å²) in [6.07, 6.45) is 6.08. The number of halogens is 1. The normalized spacial score (nSPS) is 22.2. The van der Waals surface area contributed by atoms with Crippen molar-refractivity contribution in [1.29, 1.82) is 0 Å². The molecule has 0 radical (unpaired) electrons. The molecule has 5 heteroatoms. The number of carbonyl (C=O) groups excluding carboxylic acids is 1. The fourth-order valence-corrected chi connectivity index (χ4v) is 4.31. The van der Waals surface area contributed by atoms with E-state index in [1.165, 1.54) is 18.4 Å². The van der Waals surface area contributed by atoms with Gasteiger partial charge >= 0.3 is 0 Å². The van der Waals surface area contributed by atoms with Gasteiger partial charge in [0.1, 0.15) is 5.60 Å². The quantitative estimate of drug-likeness (QED) is 0.858. The second kappa shape index (κ2) is 7.42. The van der Waals surface area contributed by atoms with Crippen molar-refractivity contribution in [3.8, 4) is 0 Å². The fraction of sp³-hybridized carbons (Fsp3) is 0.632. The number of rotatable bonds is 5. The van der Waals surface area contributed by atoms with Gasteiger partial charge in [-0.3, -0.25) is 4.79 Å². The first-order valence-electron chi connectivity index (χ1n) is 8.91. The lowest BCUT2D eigenvalue weighted by atomic mass is 9.78. The van der Waals surface area contributed by atoms with Crippen molar-refractivity contribution in [2.24, 2.45) is 0 Å². The molecule has 4 nitrogen and oxygen atoms in total. The molecular formula is C19H27ClN2O2. The van der Waals surface area contributed by atoms with Gasteiger partial charge in [-0.25, -0.2) is 0 Å². The van der Waals surface area contributed by atoms with Crippen LogP contribution in [-0.4, -0.2) is 38.3 Å². The highest BCUT2D eigenvalue weighted by Gasteiger charge is 2.42. The zero-order valence-electron chi connectivity index (χ0n) is 14.4. The van der Waals surface area contributed by atoms with Crippen LogP contribution < -0.4 is 10.6 Å². The van der Waals surface area contributed by atoms with Crippen LogP contribution in [0.4, 0.5) is 0 Å². The van der Waals surface area contributed by atoms with Gasteiger partial charge in [0.25, 0.3) is 5.91 Å². The predicted molar refractivity (Wildman–Crippen MR) is 96.5 cm³/mol. The number of nitrogens with one attached hydrogen (secondary N) is 2. The van der Waals surface area contributed by atoms with Crippen molar-refractivity contribution in [1.82, 2.24) is 10.6 Å². The molecule has 1 saturated carbocycles. The Balaban J connectivity index is 1.72. The molecule has 24 heavy (non-hydrogen) atoms. The Labute approximate surface area is 149 Å². The highest BCUT2D eigenvalue weighted by atomic mass is 35.5. The fourth-order valence-electron chi connectivity index (χ4n) is 4.19. The lowest BCUT2D eigenvalue weighted by Crippen LogP contribution is -2.55. The van der Waals surface area contributed by atoms with E-state index in [1.807, 2.05) is 12.1 Å². The molecule has 0 atom stereocenters. The first-order valence-corrected chi connectivity index (χ1v) is 9.28. The van der Waals surface area contributed by atoms with Crippen LogP contribution in [0.2, 0.25) is 5.02 Å². The SMILES string of the molecule is COC1(C(=O)NCC2(c3ccc(Cl)cc3)CCCC2)CCNCC1. The number of amides is 1. The van der Waals surface area contributed by atoms with E-state index in [-0.39, 0.29) is 11.3 Å².